The van der Waals surface area contributed by atoms with Gasteiger partial charge in [0, 0.05) is 19.4 Å². The Kier molecular flexibility index (Phi) is 13.4. The van der Waals surface area contributed by atoms with E-state index in [0.29, 0.717) is 12.8 Å². The molecule has 0 aliphatic rings. The van der Waals surface area contributed by atoms with E-state index in [1.165, 1.54) is 0 Å². The minimum Gasteiger partial charge on any atom is -0.460 e. The summed E-state index contributed by atoms with van der Waals surface area (Å²) in [5, 5.41) is 8.63. The molecule has 0 aromatic heterocycles. The third kappa shape index (κ3) is 8.15. The molecule has 0 atom stereocenters. The van der Waals surface area contributed by atoms with Crippen molar-refractivity contribution in [1.29, 1.82) is 0 Å². The summed E-state index contributed by atoms with van der Waals surface area (Å²) >= 11 is 0. The Hall–Kier alpha value is -1.71. The summed E-state index contributed by atoms with van der Waals surface area (Å²) in [6, 6.07) is 0. The predicted octanol–water partition coefficient (Wildman–Crippen LogP) is 7.05. The highest BCUT2D eigenvalue weighted by Crippen LogP contribution is 2.61. The van der Waals surface area contributed by atoms with Crippen LogP contribution in [0.15, 0.2) is 12.2 Å². The molecule has 0 rings (SSSR count). The van der Waals surface area contributed by atoms with Gasteiger partial charge in [0.1, 0.15) is 6.61 Å². The Morgan fingerprint density at radius 1 is 0.658 bits per heavy atom. The van der Waals surface area contributed by atoms with Gasteiger partial charge in [-0.3, -0.25) is 0 Å². The van der Waals surface area contributed by atoms with Crippen LogP contribution < -0.4 is 0 Å². The number of ether oxygens (including phenoxy) is 2. The molecule has 0 aromatic carbocycles. The largest absolute Gasteiger partial charge is 0.460 e. The first-order valence-electron chi connectivity index (χ1n) is 11.5. The van der Waals surface area contributed by atoms with Gasteiger partial charge in [0.2, 0.25) is 0 Å². The van der Waals surface area contributed by atoms with Gasteiger partial charge in [-0.1, -0.05) is 39.2 Å². The molecule has 0 spiro atoms. The van der Waals surface area contributed by atoms with Gasteiger partial charge < -0.3 is 14.6 Å². The molecule has 0 saturated heterocycles. The normalized spacial score (nSPS) is 14.1. The predicted molar refractivity (Wildman–Crippen MR) is 110 cm³/mol. The van der Waals surface area contributed by atoms with Crippen molar-refractivity contribution in [2.45, 2.75) is 93.8 Å². The molecule has 4 nitrogen and oxygen atoms in total. The number of carbonyl (C=O) groups excluding carboxylic acids is 1. The van der Waals surface area contributed by atoms with Crippen molar-refractivity contribution in [2.24, 2.45) is 0 Å². The van der Waals surface area contributed by atoms with E-state index in [1.807, 2.05) is 0 Å². The molecule has 0 heterocycles. The van der Waals surface area contributed by atoms with Gasteiger partial charge in [-0.05, 0) is 12.8 Å². The first-order valence-corrected chi connectivity index (χ1v) is 11.5. The smallest absolute Gasteiger partial charge is 0.384 e. The van der Waals surface area contributed by atoms with Crippen molar-refractivity contribution >= 4 is 5.97 Å². The van der Waals surface area contributed by atoms with E-state index < -0.39 is 93.6 Å². The van der Waals surface area contributed by atoms with Gasteiger partial charge >= 0.3 is 41.5 Å². The molecular formula is C22H30F12O4. The van der Waals surface area contributed by atoms with E-state index in [9.17, 15) is 57.5 Å². The molecule has 0 aromatic rings. The van der Waals surface area contributed by atoms with Gasteiger partial charge in [0.05, 0.1) is 18.8 Å². The molecule has 0 aliphatic carbocycles. The van der Waals surface area contributed by atoms with E-state index in [-0.39, 0.29) is 18.4 Å². The number of aliphatic hydroxyl groups is 1. The number of rotatable bonds is 20. The molecule has 16 heteroatoms. The summed E-state index contributed by atoms with van der Waals surface area (Å²) < 4.78 is 176. The molecule has 0 bridgehead atoms. The Labute approximate surface area is 211 Å². The second-order valence-electron chi connectivity index (χ2n) is 8.48. The van der Waals surface area contributed by atoms with Crippen molar-refractivity contribution < 1.29 is 72.1 Å². The van der Waals surface area contributed by atoms with E-state index >= 15 is 0 Å². The van der Waals surface area contributed by atoms with Crippen molar-refractivity contribution in [3.63, 3.8) is 0 Å². The summed E-state index contributed by atoms with van der Waals surface area (Å²) in [5.41, 5.74) is -0.347. The van der Waals surface area contributed by atoms with E-state index in [1.54, 1.807) is 6.92 Å². The third-order valence-corrected chi connectivity index (χ3v) is 5.42. The number of aliphatic hydroxyl groups excluding tert-OH is 1. The maximum atomic E-state index is 13.9. The fourth-order valence-electron chi connectivity index (χ4n) is 2.98. The van der Waals surface area contributed by atoms with Crippen LogP contribution in [0, 0.1) is 0 Å². The molecule has 1 N–H and O–H groups in total. The van der Waals surface area contributed by atoms with Crippen LogP contribution in [0.4, 0.5) is 52.7 Å². The molecular weight excluding hydrogens is 556 g/mol. The highest BCUT2D eigenvalue weighted by molar-refractivity contribution is 5.87. The monoisotopic (exact) mass is 586 g/mol. The molecule has 0 fully saturated rings. The van der Waals surface area contributed by atoms with Crippen LogP contribution in [0.2, 0.25) is 0 Å². The van der Waals surface area contributed by atoms with Crippen LogP contribution in [-0.2, 0) is 14.3 Å². The van der Waals surface area contributed by atoms with Gasteiger partial charge in [0.25, 0.3) is 0 Å². The van der Waals surface area contributed by atoms with Crippen LogP contribution in [-0.4, -0.2) is 73.0 Å². The minimum absolute atomic E-state index is 0.168. The van der Waals surface area contributed by atoms with E-state index in [0.717, 1.165) is 0 Å². The van der Waals surface area contributed by atoms with Gasteiger partial charge in [-0.15, -0.1) is 0 Å². The van der Waals surface area contributed by atoms with Crippen LogP contribution in [0.1, 0.15) is 58.3 Å². The number of esters is 1. The molecule has 0 amide bonds. The number of halogens is 12. The lowest BCUT2D eigenvalue weighted by atomic mass is 9.88. The lowest BCUT2D eigenvalue weighted by Crippen LogP contribution is -2.70. The van der Waals surface area contributed by atoms with Crippen LogP contribution in [0.3, 0.4) is 0 Å². The fraction of sp³-hybridized carbons (Fsp3) is 0.864. The Bertz CT molecular complexity index is 757. The van der Waals surface area contributed by atoms with Gasteiger partial charge in [-0.25, -0.2) is 4.79 Å². The van der Waals surface area contributed by atoms with Crippen LogP contribution in [0.5, 0.6) is 0 Å². The summed E-state index contributed by atoms with van der Waals surface area (Å²) in [6.07, 6.45) is -5.23. The lowest BCUT2D eigenvalue weighted by molar-refractivity contribution is -0.425. The average molecular weight is 586 g/mol. The zero-order valence-electron chi connectivity index (χ0n) is 20.4. The van der Waals surface area contributed by atoms with Crippen LogP contribution >= 0.6 is 0 Å². The zero-order valence-corrected chi connectivity index (χ0v) is 20.4. The van der Waals surface area contributed by atoms with Gasteiger partial charge in [-0.2, -0.15) is 52.7 Å². The Balaban J connectivity index is 5.27. The first kappa shape index (κ1) is 36.3. The third-order valence-electron chi connectivity index (χ3n) is 5.42. The second-order valence-corrected chi connectivity index (χ2v) is 8.48. The summed E-state index contributed by atoms with van der Waals surface area (Å²) in [5.74, 6) is -42.4. The highest BCUT2D eigenvalue weighted by atomic mass is 19.4. The summed E-state index contributed by atoms with van der Waals surface area (Å²) in [7, 11) is 0. The molecule has 0 aliphatic heterocycles. The van der Waals surface area contributed by atoms with Crippen molar-refractivity contribution in [3.05, 3.63) is 12.2 Å². The average Bonchev–Trinajstić information content (AvgIpc) is 2.81. The van der Waals surface area contributed by atoms with Crippen molar-refractivity contribution in [2.75, 3.05) is 26.4 Å². The first-order chi connectivity index (χ1) is 17.2. The zero-order chi connectivity index (χ0) is 30.1. The molecule has 0 radical (unpaired) electrons. The molecule has 38 heavy (non-hydrogen) atoms. The molecule has 226 valence electrons. The summed E-state index contributed by atoms with van der Waals surface area (Å²) in [4.78, 5) is 11.1. The number of hydrogen-bond donors (Lipinski definition) is 1. The van der Waals surface area contributed by atoms with Crippen LogP contribution in [0.25, 0.3) is 0 Å². The lowest BCUT2D eigenvalue weighted by Gasteiger charge is -2.41. The topological polar surface area (TPSA) is 55.8 Å². The highest BCUT2D eigenvalue weighted by Gasteiger charge is 2.89. The fourth-order valence-corrected chi connectivity index (χ4v) is 2.98. The van der Waals surface area contributed by atoms with E-state index in [2.05, 4.69) is 16.1 Å². The van der Waals surface area contributed by atoms with Crippen molar-refractivity contribution in [1.82, 2.24) is 0 Å². The molecule has 0 saturated carbocycles. The Morgan fingerprint density at radius 3 is 1.55 bits per heavy atom. The standard InChI is InChI=1S/C22H30F12O4/c1-3-4-5-6-7-9-17(23,24)19(27,28)21(31,32)22(33,34)20(29,30)18(25,26)10-8-11-37-12-13-38-16(36)15(2)14-35/h35H,2-14H2,1H3. The second kappa shape index (κ2) is 14.1. The summed E-state index contributed by atoms with van der Waals surface area (Å²) in [6.45, 7) is 2.14. The number of alkyl halides is 12. The minimum atomic E-state index is -7.58. The van der Waals surface area contributed by atoms with Crippen molar-refractivity contribution in [3.8, 4) is 0 Å². The van der Waals surface area contributed by atoms with Gasteiger partial charge in [0.15, 0.2) is 0 Å². The molecule has 0 unspecified atom stereocenters. The van der Waals surface area contributed by atoms with E-state index in [4.69, 9.17) is 5.11 Å². The SMILES string of the molecule is C=C(CO)C(=O)OCCOCCCC(F)(F)C(F)(F)C(F)(F)C(F)(F)C(F)(F)C(F)(F)CCCCCCC. The number of carbonyl (C=O) groups is 1. The maximum Gasteiger partial charge on any atom is 0.384 e. The quantitative estimate of drug-likeness (QED) is 0.0720. The Morgan fingerprint density at radius 2 is 1.11 bits per heavy atom. The maximum absolute atomic E-state index is 13.9. The number of unbranched alkanes of at least 4 members (excludes halogenated alkanes) is 4. The number of hydrogen-bond acceptors (Lipinski definition) is 4.